The van der Waals surface area contributed by atoms with Crippen LogP contribution in [-0.2, 0) is 11.2 Å². The monoisotopic (exact) mass is 279 g/mol. The molecule has 3 rings (SSSR count). The zero-order valence-electron chi connectivity index (χ0n) is 11.9. The maximum atomic E-state index is 5.74. The lowest BCUT2D eigenvalue weighted by Gasteiger charge is -2.09. The SMILES string of the molecule is CCO/C(=C/Cc1ccccc1)n1nnc2ccccc21. The van der Waals surface area contributed by atoms with Gasteiger partial charge in [0.1, 0.15) is 5.52 Å². The fourth-order valence-electron chi connectivity index (χ4n) is 2.21. The Balaban J connectivity index is 1.94. The molecule has 0 radical (unpaired) electrons. The Morgan fingerprint density at radius 2 is 1.86 bits per heavy atom. The molecule has 0 atom stereocenters. The van der Waals surface area contributed by atoms with E-state index in [9.17, 15) is 0 Å². The number of nitrogens with zero attached hydrogens (tertiary/aromatic N) is 3. The van der Waals surface area contributed by atoms with Gasteiger partial charge in [-0.25, -0.2) is 0 Å². The smallest absolute Gasteiger partial charge is 0.212 e. The Bertz CT molecular complexity index is 747. The molecule has 0 spiro atoms. The summed E-state index contributed by atoms with van der Waals surface area (Å²) in [4.78, 5) is 0. The molecule has 0 bridgehead atoms. The van der Waals surface area contributed by atoms with E-state index < -0.39 is 0 Å². The molecule has 106 valence electrons. The van der Waals surface area contributed by atoms with Crippen LogP contribution in [0.4, 0.5) is 0 Å². The number of para-hydroxylation sites is 1. The molecule has 0 aliphatic carbocycles. The topological polar surface area (TPSA) is 39.9 Å². The molecule has 2 aromatic carbocycles. The molecule has 1 heterocycles. The summed E-state index contributed by atoms with van der Waals surface area (Å²) >= 11 is 0. The van der Waals surface area contributed by atoms with Crippen LogP contribution in [0.5, 0.6) is 0 Å². The van der Waals surface area contributed by atoms with Gasteiger partial charge in [-0.3, -0.25) is 0 Å². The average Bonchev–Trinajstić information content (AvgIpc) is 2.96. The predicted octanol–water partition coefficient (Wildman–Crippen LogP) is 3.51. The van der Waals surface area contributed by atoms with Crippen LogP contribution >= 0.6 is 0 Å². The molecule has 0 saturated carbocycles. The van der Waals surface area contributed by atoms with Crippen molar-refractivity contribution >= 4 is 16.9 Å². The minimum Gasteiger partial charge on any atom is -0.478 e. The van der Waals surface area contributed by atoms with Crippen molar-refractivity contribution in [1.29, 1.82) is 0 Å². The third-order valence-electron chi connectivity index (χ3n) is 3.21. The van der Waals surface area contributed by atoms with E-state index in [0.717, 1.165) is 23.3 Å². The molecule has 0 unspecified atom stereocenters. The lowest BCUT2D eigenvalue weighted by atomic mass is 10.1. The first-order chi connectivity index (χ1) is 10.4. The standard InChI is InChI=1S/C17H17N3O/c1-2-21-17(13-12-14-8-4-3-5-9-14)20-16-11-7-6-10-15(16)18-19-20/h3-11,13H,2,12H2,1H3/b17-13+. The second-order valence-corrected chi connectivity index (χ2v) is 4.66. The van der Waals surface area contributed by atoms with Crippen molar-refractivity contribution in [3.05, 3.63) is 66.2 Å². The summed E-state index contributed by atoms with van der Waals surface area (Å²) in [6.45, 7) is 2.56. The number of allylic oxidation sites excluding steroid dienone is 1. The van der Waals surface area contributed by atoms with Gasteiger partial charge in [-0.2, -0.15) is 4.68 Å². The van der Waals surface area contributed by atoms with Crippen molar-refractivity contribution in [1.82, 2.24) is 15.0 Å². The predicted molar refractivity (Wildman–Crippen MR) is 83.6 cm³/mol. The highest BCUT2D eigenvalue weighted by Crippen LogP contribution is 2.16. The van der Waals surface area contributed by atoms with Gasteiger partial charge in [-0.15, -0.1) is 5.10 Å². The summed E-state index contributed by atoms with van der Waals surface area (Å²) in [7, 11) is 0. The van der Waals surface area contributed by atoms with Crippen molar-refractivity contribution in [3.8, 4) is 0 Å². The summed E-state index contributed by atoms with van der Waals surface area (Å²) < 4.78 is 7.49. The van der Waals surface area contributed by atoms with Crippen LogP contribution in [0.25, 0.3) is 16.9 Å². The first kappa shape index (κ1) is 13.4. The summed E-state index contributed by atoms with van der Waals surface area (Å²) in [6.07, 6.45) is 2.84. The number of benzene rings is 2. The van der Waals surface area contributed by atoms with Crippen LogP contribution in [0.1, 0.15) is 12.5 Å². The lowest BCUT2D eigenvalue weighted by Crippen LogP contribution is -2.04. The number of ether oxygens (including phenoxy) is 1. The minimum atomic E-state index is 0.592. The van der Waals surface area contributed by atoms with Crippen molar-refractivity contribution in [3.63, 3.8) is 0 Å². The largest absolute Gasteiger partial charge is 0.478 e. The zero-order chi connectivity index (χ0) is 14.5. The molecule has 0 N–H and O–H groups in total. The first-order valence-electron chi connectivity index (χ1n) is 7.06. The molecule has 0 aliphatic heterocycles. The summed E-state index contributed by atoms with van der Waals surface area (Å²) in [5.41, 5.74) is 3.05. The minimum absolute atomic E-state index is 0.592. The first-order valence-corrected chi connectivity index (χ1v) is 7.06. The van der Waals surface area contributed by atoms with E-state index in [1.165, 1.54) is 5.56 Å². The second kappa shape index (κ2) is 6.22. The highest BCUT2D eigenvalue weighted by Gasteiger charge is 2.08. The van der Waals surface area contributed by atoms with Crippen LogP contribution in [0, 0.1) is 0 Å². The van der Waals surface area contributed by atoms with Crippen molar-refractivity contribution in [2.45, 2.75) is 13.3 Å². The molecular formula is C17H17N3O. The molecule has 1 aromatic heterocycles. The van der Waals surface area contributed by atoms with Crippen molar-refractivity contribution in [2.75, 3.05) is 6.61 Å². The Morgan fingerprint density at radius 3 is 2.67 bits per heavy atom. The number of rotatable bonds is 5. The van der Waals surface area contributed by atoms with Crippen LogP contribution in [0.2, 0.25) is 0 Å². The molecule has 3 aromatic rings. The summed E-state index contributed by atoms with van der Waals surface area (Å²) in [6, 6.07) is 18.1. The van der Waals surface area contributed by atoms with Crippen molar-refractivity contribution in [2.24, 2.45) is 0 Å². The third-order valence-corrected chi connectivity index (χ3v) is 3.21. The number of fused-ring (bicyclic) bond motifs is 1. The quantitative estimate of drug-likeness (QED) is 0.671. The Labute approximate surface area is 123 Å². The molecule has 0 fully saturated rings. The van der Waals surface area contributed by atoms with E-state index in [1.54, 1.807) is 4.68 Å². The molecule has 0 amide bonds. The van der Waals surface area contributed by atoms with E-state index in [-0.39, 0.29) is 0 Å². The van der Waals surface area contributed by atoms with E-state index in [1.807, 2.05) is 55.5 Å². The van der Waals surface area contributed by atoms with Crippen molar-refractivity contribution < 1.29 is 4.74 Å². The molecular weight excluding hydrogens is 262 g/mol. The summed E-state index contributed by atoms with van der Waals surface area (Å²) in [5.74, 6) is 0.718. The van der Waals surface area contributed by atoms with Crippen LogP contribution in [0.3, 0.4) is 0 Å². The Hall–Kier alpha value is -2.62. The lowest BCUT2D eigenvalue weighted by molar-refractivity contribution is 0.272. The van der Waals surface area contributed by atoms with Gasteiger partial charge in [0.15, 0.2) is 0 Å². The Kier molecular flexibility index (Phi) is 3.96. The van der Waals surface area contributed by atoms with E-state index >= 15 is 0 Å². The van der Waals surface area contributed by atoms with Gasteiger partial charge in [0, 0.05) is 0 Å². The number of hydrogen-bond donors (Lipinski definition) is 0. The molecule has 4 heteroatoms. The maximum Gasteiger partial charge on any atom is 0.212 e. The maximum absolute atomic E-state index is 5.74. The normalized spacial score (nSPS) is 11.8. The average molecular weight is 279 g/mol. The van der Waals surface area contributed by atoms with Gasteiger partial charge in [-0.1, -0.05) is 47.7 Å². The fraction of sp³-hybridized carbons (Fsp3) is 0.176. The number of aromatic nitrogens is 3. The van der Waals surface area contributed by atoms with Crippen LogP contribution in [0.15, 0.2) is 60.7 Å². The molecule has 0 aliphatic rings. The molecule has 0 saturated heterocycles. The number of hydrogen-bond acceptors (Lipinski definition) is 3. The third kappa shape index (κ3) is 2.94. The van der Waals surface area contributed by atoms with E-state index in [0.29, 0.717) is 6.61 Å². The molecule has 4 nitrogen and oxygen atoms in total. The van der Waals surface area contributed by atoms with E-state index in [2.05, 4.69) is 22.4 Å². The zero-order valence-corrected chi connectivity index (χ0v) is 11.9. The van der Waals surface area contributed by atoms with E-state index in [4.69, 9.17) is 4.74 Å². The second-order valence-electron chi connectivity index (χ2n) is 4.66. The molecule has 21 heavy (non-hydrogen) atoms. The van der Waals surface area contributed by atoms with Gasteiger partial charge in [-0.05, 0) is 37.1 Å². The van der Waals surface area contributed by atoms with Gasteiger partial charge in [0.25, 0.3) is 0 Å². The van der Waals surface area contributed by atoms with Gasteiger partial charge < -0.3 is 4.74 Å². The highest BCUT2D eigenvalue weighted by atomic mass is 16.5. The van der Waals surface area contributed by atoms with Crippen LogP contribution in [-0.4, -0.2) is 21.6 Å². The van der Waals surface area contributed by atoms with Gasteiger partial charge in [0.05, 0.1) is 12.1 Å². The summed E-state index contributed by atoms with van der Waals surface area (Å²) in [5, 5.41) is 8.37. The van der Waals surface area contributed by atoms with Crippen LogP contribution < -0.4 is 0 Å². The van der Waals surface area contributed by atoms with Gasteiger partial charge in [0.2, 0.25) is 5.88 Å². The Morgan fingerprint density at radius 1 is 1.10 bits per heavy atom. The highest BCUT2D eigenvalue weighted by molar-refractivity contribution is 5.76. The van der Waals surface area contributed by atoms with Gasteiger partial charge >= 0.3 is 0 Å². The fourth-order valence-corrected chi connectivity index (χ4v) is 2.21.